The van der Waals surface area contributed by atoms with Crippen LogP contribution in [-0.4, -0.2) is 93.5 Å². The topological polar surface area (TPSA) is 125 Å². The summed E-state index contributed by atoms with van der Waals surface area (Å²) in [5, 5.41) is 5.80. The van der Waals surface area contributed by atoms with Crippen molar-refractivity contribution in [2.75, 3.05) is 47.0 Å². The molecule has 15 heteroatoms. The van der Waals surface area contributed by atoms with Crippen LogP contribution in [0.5, 0.6) is 0 Å². The monoisotopic (exact) mass is 584 g/mol. The average Bonchev–Trinajstić information content (AvgIpc) is 3.43. The van der Waals surface area contributed by atoms with Crippen molar-refractivity contribution in [3.8, 4) is 0 Å². The van der Waals surface area contributed by atoms with Crippen LogP contribution in [0.15, 0.2) is 46.0 Å². The zero-order chi connectivity index (χ0) is 27.0. The summed E-state index contributed by atoms with van der Waals surface area (Å²) in [6.07, 6.45) is 1.65. The minimum atomic E-state index is -3.61. The van der Waals surface area contributed by atoms with Crippen LogP contribution in [0.4, 0.5) is 4.39 Å². The third-order valence-electron chi connectivity index (χ3n) is 6.75. The van der Waals surface area contributed by atoms with E-state index in [2.05, 4.69) is 19.9 Å². The van der Waals surface area contributed by atoms with Crippen molar-refractivity contribution >= 4 is 45.0 Å². The zero-order valence-corrected chi connectivity index (χ0v) is 22.9. The molecule has 2 N–H and O–H groups in total. The Labute approximate surface area is 228 Å². The minimum Gasteiger partial charge on any atom is -0.466 e. The number of piperazine rings is 1. The first kappa shape index (κ1) is 27.1. The Balaban J connectivity index is 1.56. The van der Waals surface area contributed by atoms with E-state index in [-0.39, 0.29) is 42.3 Å². The number of amidine groups is 1. The Hall–Kier alpha value is -2.46. The van der Waals surface area contributed by atoms with E-state index in [0.717, 1.165) is 0 Å². The van der Waals surface area contributed by atoms with Crippen molar-refractivity contribution in [3.63, 3.8) is 0 Å². The van der Waals surface area contributed by atoms with Gasteiger partial charge in [0.1, 0.15) is 11.9 Å². The van der Waals surface area contributed by atoms with Gasteiger partial charge < -0.3 is 14.8 Å². The molecule has 0 saturated carbocycles. The SMILES string of the molecule is CNS(=O)(=O)N1CC2COCC(C1)N2CC1=C(C(=O)OC)C(c2ccc(F)cc2Cl)N=C(c2nccs2)N1. The van der Waals surface area contributed by atoms with Gasteiger partial charge >= 0.3 is 5.97 Å². The zero-order valence-electron chi connectivity index (χ0n) is 20.6. The lowest BCUT2D eigenvalue weighted by atomic mass is 9.94. The molecule has 5 rings (SSSR count). The Bertz CT molecular complexity index is 1370. The highest BCUT2D eigenvalue weighted by molar-refractivity contribution is 7.87. The Morgan fingerprint density at radius 1 is 1.34 bits per heavy atom. The van der Waals surface area contributed by atoms with Gasteiger partial charge in [-0.3, -0.25) is 9.89 Å². The fourth-order valence-electron chi connectivity index (χ4n) is 4.92. The van der Waals surface area contributed by atoms with Crippen LogP contribution in [0.1, 0.15) is 16.6 Å². The van der Waals surface area contributed by atoms with E-state index >= 15 is 0 Å². The molecule has 1 aromatic carbocycles. The number of fused-ring (bicyclic) bond motifs is 2. The number of ether oxygens (including phenoxy) is 2. The van der Waals surface area contributed by atoms with Crippen molar-refractivity contribution in [2.45, 2.75) is 18.1 Å². The smallest absolute Gasteiger partial charge is 0.338 e. The van der Waals surface area contributed by atoms with Crippen LogP contribution in [0.2, 0.25) is 5.02 Å². The standard InChI is InChI=1S/C23H26ClFN6O5S2/c1-26-38(33,34)30-8-14-11-36-12-15(9-30)31(14)10-18-19(23(32)35-2)20(16-4-3-13(25)7-17(16)24)29-21(28-18)22-27-5-6-37-22/h3-7,14-15,20,26H,8-12H2,1-2H3,(H,28,29). The molecule has 2 fully saturated rings. The van der Waals surface area contributed by atoms with Gasteiger partial charge in [0.2, 0.25) is 0 Å². The van der Waals surface area contributed by atoms with Gasteiger partial charge in [-0.05, 0) is 12.1 Å². The van der Waals surface area contributed by atoms with Crippen LogP contribution in [0.25, 0.3) is 0 Å². The summed E-state index contributed by atoms with van der Waals surface area (Å²) in [4.78, 5) is 24.4. The van der Waals surface area contributed by atoms with Gasteiger partial charge in [-0.15, -0.1) is 11.3 Å². The van der Waals surface area contributed by atoms with Crippen LogP contribution in [-0.2, 0) is 24.5 Å². The molecule has 0 amide bonds. The number of hydrogen-bond acceptors (Lipinski definition) is 10. The summed E-state index contributed by atoms with van der Waals surface area (Å²) >= 11 is 7.80. The summed E-state index contributed by atoms with van der Waals surface area (Å²) in [6, 6.07) is 2.55. The van der Waals surface area contributed by atoms with E-state index in [1.807, 2.05) is 5.38 Å². The number of esters is 1. The third kappa shape index (κ3) is 5.21. The minimum absolute atomic E-state index is 0.121. The van der Waals surface area contributed by atoms with Crippen molar-refractivity contribution in [1.82, 2.24) is 24.2 Å². The molecule has 11 nitrogen and oxygen atoms in total. The summed E-state index contributed by atoms with van der Waals surface area (Å²) in [5.74, 6) is -0.689. The van der Waals surface area contributed by atoms with Gasteiger partial charge in [0.15, 0.2) is 10.8 Å². The van der Waals surface area contributed by atoms with Crippen molar-refractivity contribution in [1.29, 1.82) is 0 Å². The molecule has 0 aliphatic carbocycles. The first-order valence-corrected chi connectivity index (χ1v) is 14.4. The molecule has 2 aromatic rings. The van der Waals surface area contributed by atoms with E-state index < -0.39 is 28.0 Å². The number of thiazole rings is 1. The number of benzene rings is 1. The fraction of sp³-hybridized carbons (Fsp3) is 0.435. The number of halogens is 2. The summed E-state index contributed by atoms with van der Waals surface area (Å²) in [6.45, 7) is 1.36. The molecule has 3 atom stereocenters. The van der Waals surface area contributed by atoms with E-state index in [4.69, 9.17) is 26.1 Å². The molecule has 3 unspecified atom stereocenters. The highest BCUT2D eigenvalue weighted by Crippen LogP contribution is 2.37. The molecule has 1 aromatic heterocycles. The first-order chi connectivity index (χ1) is 18.2. The quantitative estimate of drug-likeness (QED) is 0.467. The van der Waals surface area contributed by atoms with Gasteiger partial charge in [0.05, 0.1) is 25.9 Å². The average molecular weight is 585 g/mol. The van der Waals surface area contributed by atoms with E-state index in [1.165, 1.54) is 48.0 Å². The van der Waals surface area contributed by atoms with E-state index in [9.17, 15) is 17.6 Å². The molecule has 2 bridgehead atoms. The van der Waals surface area contributed by atoms with Crippen LogP contribution in [0, 0.1) is 5.82 Å². The maximum Gasteiger partial charge on any atom is 0.338 e. The van der Waals surface area contributed by atoms with Crippen LogP contribution in [0.3, 0.4) is 0 Å². The van der Waals surface area contributed by atoms with Gasteiger partial charge in [-0.2, -0.15) is 12.7 Å². The number of aromatic nitrogens is 1. The normalized spacial score (nSPS) is 24.6. The van der Waals surface area contributed by atoms with Crippen molar-refractivity contribution in [2.24, 2.45) is 4.99 Å². The molecule has 4 heterocycles. The summed E-state index contributed by atoms with van der Waals surface area (Å²) in [5.41, 5.74) is 1.19. The summed E-state index contributed by atoms with van der Waals surface area (Å²) < 4.78 is 53.6. The van der Waals surface area contributed by atoms with Crippen molar-refractivity contribution < 1.29 is 27.1 Å². The number of nitrogens with one attached hydrogen (secondary N) is 2. The number of aliphatic imine (C=N–C) groups is 1. The maximum atomic E-state index is 13.9. The first-order valence-electron chi connectivity index (χ1n) is 11.7. The number of methoxy groups -OCH3 is 1. The lowest BCUT2D eigenvalue weighted by Gasteiger charge is -2.49. The maximum absolute atomic E-state index is 13.9. The number of nitrogens with zero attached hydrogens (tertiary/aromatic N) is 4. The van der Waals surface area contributed by atoms with Crippen LogP contribution >= 0.6 is 22.9 Å². The van der Waals surface area contributed by atoms with Gasteiger partial charge in [-0.25, -0.2) is 18.9 Å². The fourth-order valence-corrected chi connectivity index (χ4v) is 6.78. The second-order valence-corrected chi connectivity index (χ2v) is 12.1. The van der Waals surface area contributed by atoms with E-state index in [1.54, 1.807) is 6.20 Å². The molecule has 0 radical (unpaired) electrons. The predicted molar refractivity (Wildman–Crippen MR) is 140 cm³/mol. The lowest BCUT2D eigenvalue weighted by molar-refractivity contribution is -0.136. The van der Waals surface area contributed by atoms with Gasteiger partial charge in [0.25, 0.3) is 10.2 Å². The number of hydrogen-bond donors (Lipinski definition) is 2. The largest absolute Gasteiger partial charge is 0.466 e. The van der Waals surface area contributed by atoms with E-state index in [0.29, 0.717) is 35.3 Å². The molecular formula is C23H26ClFN6O5S2. The lowest BCUT2D eigenvalue weighted by Crippen LogP contribution is -2.66. The molecule has 3 aliphatic heterocycles. The molecule has 204 valence electrons. The second kappa shape index (κ2) is 11.0. The van der Waals surface area contributed by atoms with Gasteiger partial charge in [-0.1, -0.05) is 17.7 Å². The van der Waals surface area contributed by atoms with Crippen molar-refractivity contribution in [3.05, 3.63) is 62.5 Å². The molecule has 38 heavy (non-hydrogen) atoms. The third-order valence-corrected chi connectivity index (χ3v) is 9.35. The highest BCUT2D eigenvalue weighted by Gasteiger charge is 2.43. The Morgan fingerprint density at radius 3 is 2.68 bits per heavy atom. The van der Waals surface area contributed by atoms with Crippen LogP contribution < -0.4 is 10.0 Å². The number of carbonyl (C=O) groups is 1. The number of morpholine rings is 1. The molecule has 3 aliphatic rings. The predicted octanol–water partition coefficient (Wildman–Crippen LogP) is 1.30. The Morgan fingerprint density at radius 2 is 2.08 bits per heavy atom. The number of rotatable bonds is 7. The second-order valence-electron chi connectivity index (χ2n) is 8.94. The molecule has 0 spiro atoms. The number of carbonyl (C=O) groups excluding carboxylic acids is 1. The molecular weight excluding hydrogens is 559 g/mol. The highest BCUT2D eigenvalue weighted by atomic mass is 35.5. The van der Waals surface area contributed by atoms with Gasteiger partial charge in [0, 0.05) is 66.6 Å². The Kier molecular flexibility index (Phi) is 7.82. The summed E-state index contributed by atoms with van der Waals surface area (Å²) in [7, 11) is -0.951. The molecule has 2 saturated heterocycles.